The third-order valence-corrected chi connectivity index (χ3v) is 5.01. The van der Waals surface area contributed by atoms with Crippen LogP contribution in [0.25, 0.3) is 0 Å². The summed E-state index contributed by atoms with van der Waals surface area (Å²) in [4.78, 5) is 19.0. The fourth-order valence-electron chi connectivity index (χ4n) is 3.57. The molecule has 3 heterocycles. The third-order valence-electron chi connectivity index (χ3n) is 5.01. The van der Waals surface area contributed by atoms with Crippen molar-refractivity contribution in [1.29, 1.82) is 0 Å². The van der Waals surface area contributed by atoms with Gasteiger partial charge in [-0.2, -0.15) is 4.98 Å². The van der Waals surface area contributed by atoms with Crippen molar-refractivity contribution < 1.29 is 18.8 Å². The van der Waals surface area contributed by atoms with Gasteiger partial charge in [-0.1, -0.05) is 23.4 Å². The molecular weight excluding hydrogens is 334 g/mol. The highest BCUT2D eigenvalue weighted by Gasteiger charge is 2.35. The molecule has 7 heteroatoms. The van der Waals surface area contributed by atoms with Crippen LogP contribution in [0.2, 0.25) is 0 Å². The van der Waals surface area contributed by atoms with Gasteiger partial charge in [0.15, 0.2) is 12.4 Å². The van der Waals surface area contributed by atoms with E-state index in [4.69, 9.17) is 14.0 Å². The summed E-state index contributed by atoms with van der Waals surface area (Å²) in [6.07, 6.45) is 3.59. The van der Waals surface area contributed by atoms with Crippen LogP contribution in [0, 0.1) is 0 Å². The van der Waals surface area contributed by atoms with E-state index in [1.807, 2.05) is 30.3 Å². The molecule has 0 N–H and O–H groups in total. The van der Waals surface area contributed by atoms with E-state index in [2.05, 4.69) is 10.1 Å². The first-order valence-corrected chi connectivity index (χ1v) is 9.20. The van der Waals surface area contributed by atoms with E-state index < -0.39 is 0 Å². The van der Waals surface area contributed by atoms with Crippen LogP contribution in [0.1, 0.15) is 49.4 Å². The van der Waals surface area contributed by atoms with Crippen molar-refractivity contribution in [1.82, 2.24) is 15.0 Å². The summed E-state index contributed by atoms with van der Waals surface area (Å²) in [5, 5.41) is 4.16. The van der Waals surface area contributed by atoms with E-state index in [9.17, 15) is 4.79 Å². The highest BCUT2D eigenvalue weighted by molar-refractivity contribution is 5.78. The lowest BCUT2D eigenvalue weighted by molar-refractivity contribution is -0.134. The number of amides is 1. The molecule has 4 rings (SSSR count). The lowest BCUT2D eigenvalue weighted by Gasteiger charge is -2.22. The number of nitrogens with zero attached hydrogens (tertiary/aromatic N) is 3. The Hall–Kier alpha value is -2.41. The van der Waals surface area contributed by atoms with Gasteiger partial charge in [-0.3, -0.25) is 4.79 Å². The minimum Gasteiger partial charge on any atom is -0.484 e. The number of carbonyl (C=O) groups excluding carboxylic acids is 1. The molecule has 2 aliphatic heterocycles. The van der Waals surface area contributed by atoms with Gasteiger partial charge in [-0.15, -0.1) is 0 Å². The molecule has 2 saturated heterocycles. The summed E-state index contributed by atoms with van der Waals surface area (Å²) < 4.78 is 16.5. The number of benzene rings is 1. The van der Waals surface area contributed by atoms with E-state index in [-0.39, 0.29) is 24.5 Å². The lowest BCUT2D eigenvalue weighted by atomic mass is 10.00. The molecule has 2 fully saturated rings. The minimum atomic E-state index is -0.150. The molecule has 1 unspecified atom stereocenters. The second kappa shape index (κ2) is 7.86. The maximum atomic E-state index is 12.6. The Labute approximate surface area is 152 Å². The highest BCUT2D eigenvalue weighted by Crippen LogP contribution is 2.33. The standard InChI is InChI=1S/C19H23N3O4/c23-17(13-25-15-5-2-1-3-6-15)22-10-4-7-16(22)19-20-18(21-26-19)14-8-11-24-12-9-14/h1-3,5-6,14,16H,4,7-13H2. The number of hydrogen-bond donors (Lipinski definition) is 0. The zero-order chi connectivity index (χ0) is 17.8. The van der Waals surface area contributed by atoms with Gasteiger partial charge in [-0.25, -0.2) is 0 Å². The number of hydrogen-bond acceptors (Lipinski definition) is 6. The summed E-state index contributed by atoms with van der Waals surface area (Å²) in [5.74, 6) is 2.20. The Morgan fingerprint density at radius 1 is 1.19 bits per heavy atom. The molecule has 26 heavy (non-hydrogen) atoms. The van der Waals surface area contributed by atoms with Gasteiger partial charge in [0.25, 0.3) is 5.91 Å². The van der Waals surface area contributed by atoms with Crippen LogP contribution in [0.5, 0.6) is 5.75 Å². The van der Waals surface area contributed by atoms with E-state index in [0.717, 1.165) is 44.7 Å². The van der Waals surface area contributed by atoms with Crippen LogP contribution in [0.4, 0.5) is 0 Å². The van der Waals surface area contributed by atoms with Crippen LogP contribution < -0.4 is 4.74 Å². The number of para-hydroxylation sites is 1. The van der Waals surface area contributed by atoms with Crippen molar-refractivity contribution in [3.8, 4) is 5.75 Å². The van der Waals surface area contributed by atoms with Crippen LogP contribution in [-0.4, -0.2) is 47.3 Å². The molecule has 0 radical (unpaired) electrons. The molecule has 0 aliphatic carbocycles. The molecule has 0 saturated carbocycles. The highest BCUT2D eigenvalue weighted by atomic mass is 16.5. The number of ether oxygens (including phenoxy) is 2. The summed E-state index contributed by atoms with van der Waals surface area (Å²) in [7, 11) is 0. The largest absolute Gasteiger partial charge is 0.484 e. The maximum Gasteiger partial charge on any atom is 0.261 e. The van der Waals surface area contributed by atoms with E-state index >= 15 is 0 Å². The predicted octanol–water partition coefficient (Wildman–Crippen LogP) is 2.71. The average Bonchev–Trinajstić information content (AvgIpc) is 3.37. The van der Waals surface area contributed by atoms with Crippen molar-refractivity contribution in [2.45, 2.75) is 37.6 Å². The monoisotopic (exact) mass is 357 g/mol. The van der Waals surface area contributed by atoms with Gasteiger partial charge < -0.3 is 18.9 Å². The predicted molar refractivity (Wildman–Crippen MR) is 92.7 cm³/mol. The van der Waals surface area contributed by atoms with Gasteiger partial charge in [0, 0.05) is 25.7 Å². The summed E-state index contributed by atoms with van der Waals surface area (Å²) in [5.41, 5.74) is 0. The Kier molecular flexibility index (Phi) is 5.15. The fourth-order valence-corrected chi connectivity index (χ4v) is 3.57. The van der Waals surface area contributed by atoms with Crippen molar-refractivity contribution in [3.05, 3.63) is 42.0 Å². The SMILES string of the molecule is O=C(COc1ccccc1)N1CCCC1c1nc(C2CCOCC2)no1. The van der Waals surface area contributed by atoms with Gasteiger partial charge in [-0.05, 0) is 37.8 Å². The quantitative estimate of drug-likeness (QED) is 0.819. The van der Waals surface area contributed by atoms with Crippen molar-refractivity contribution >= 4 is 5.91 Å². The Bertz CT molecular complexity index is 727. The first-order valence-electron chi connectivity index (χ1n) is 9.20. The Balaban J connectivity index is 1.39. The van der Waals surface area contributed by atoms with Crippen LogP contribution in [-0.2, 0) is 9.53 Å². The molecule has 0 spiro atoms. The number of aromatic nitrogens is 2. The topological polar surface area (TPSA) is 77.7 Å². The maximum absolute atomic E-state index is 12.6. The van der Waals surface area contributed by atoms with Crippen molar-refractivity contribution in [2.75, 3.05) is 26.4 Å². The number of rotatable bonds is 5. The zero-order valence-electron chi connectivity index (χ0n) is 14.7. The molecule has 0 bridgehead atoms. The number of carbonyl (C=O) groups is 1. The fraction of sp³-hybridized carbons (Fsp3) is 0.526. The molecule has 1 atom stereocenters. The molecule has 7 nitrogen and oxygen atoms in total. The molecular formula is C19H23N3O4. The van der Waals surface area contributed by atoms with E-state index in [1.54, 1.807) is 4.90 Å². The minimum absolute atomic E-state index is 0.0153. The molecule has 2 aromatic rings. The molecule has 1 aromatic carbocycles. The molecule has 2 aliphatic rings. The van der Waals surface area contributed by atoms with Gasteiger partial charge in [0.1, 0.15) is 11.8 Å². The second-order valence-corrected chi connectivity index (χ2v) is 6.72. The Morgan fingerprint density at radius 3 is 2.81 bits per heavy atom. The Morgan fingerprint density at radius 2 is 2.00 bits per heavy atom. The van der Waals surface area contributed by atoms with Crippen molar-refractivity contribution in [2.24, 2.45) is 0 Å². The van der Waals surface area contributed by atoms with Gasteiger partial charge >= 0.3 is 0 Å². The molecule has 1 aromatic heterocycles. The summed E-state index contributed by atoms with van der Waals surface area (Å²) in [6.45, 7) is 2.18. The zero-order valence-corrected chi connectivity index (χ0v) is 14.7. The first kappa shape index (κ1) is 17.0. The van der Waals surface area contributed by atoms with Gasteiger partial charge in [0.2, 0.25) is 5.89 Å². The first-order chi connectivity index (χ1) is 12.8. The van der Waals surface area contributed by atoms with Crippen LogP contribution >= 0.6 is 0 Å². The van der Waals surface area contributed by atoms with Crippen LogP contribution in [0.3, 0.4) is 0 Å². The lowest BCUT2D eigenvalue weighted by Crippen LogP contribution is -2.34. The normalized spacial score (nSPS) is 21.1. The summed E-state index contributed by atoms with van der Waals surface area (Å²) in [6, 6.07) is 9.21. The van der Waals surface area contributed by atoms with E-state index in [1.165, 1.54) is 0 Å². The molecule has 138 valence electrons. The smallest absolute Gasteiger partial charge is 0.261 e. The van der Waals surface area contributed by atoms with Crippen molar-refractivity contribution in [3.63, 3.8) is 0 Å². The second-order valence-electron chi connectivity index (χ2n) is 6.72. The molecule has 1 amide bonds. The van der Waals surface area contributed by atoms with E-state index in [0.29, 0.717) is 18.2 Å². The summed E-state index contributed by atoms with van der Waals surface area (Å²) >= 11 is 0. The van der Waals surface area contributed by atoms with Crippen LogP contribution in [0.15, 0.2) is 34.9 Å². The third kappa shape index (κ3) is 3.72. The number of likely N-dealkylation sites (tertiary alicyclic amines) is 1. The average molecular weight is 357 g/mol. The van der Waals surface area contributed by atoms with Gasteiger partial charge in [0.05, 0.1) is 0 Å².